The molecule has 2 aromatic carbocycles. The molecule has 0 aliphatic carbocycles. The van der Waals surface area contributed by atoms with Crippen LogP contribution in [0.2, 0.25) is 0 Å². The number of methoxy groups -OCH3 is 3. The van der Waals surface area contributed by atoms with Crippen molar-refractivity contribution >= 4 is 21.6 Å². The topological polar surface area (TPSA) is 94.2 Å². The highest BCUT2D eigenvalue weighted by Crippen LogP contribution is 2.39. The molecule has 0 unspecified atom stereocenters. The Morgan fingerprint density at radius 2 is 1.67 bits per heavy atom. The summed E-state index contributed by atoms with van der Waals surface area (Å²) in [6, 6.07) is 8.81. The molecule has 30 heavy (non-hydrogen) atoms. The highest BCUT2D eigenvalue weighted by molar-refractivity contribution is 7.92. The lowest BCUT2D eigenvalue weighted by atomic mass is 10.1. The van der Waals surface area contributed by atoms with Gasteiger partial charge in [0, 0.05) is 12.1 Å². The SMILES string of the molecule is COc1ccc(CNC(=O)CN(c2cccc(C)c2C)S(C)(=O)=O)c(OC)c1OC. The molecule has 0 saturated carbocycles. The van der Waals surface area contributed by atoms with Crippen molar-refractivity contribution in [3.63, 3.8) is 0 Å². The van der Waals surface area contributed by atoms with Crippen LogP contribution in [0, 0.1) is 13.8 Å². The van der Waals surface area contributed by atoms with E-state index in [0.29, 0.717) is 28.5 Å². The summed E-state index contributed by atoms with van der Waals surface area (Å²) in [4.78, 5) is 12.6. The quantitative estimate of drug-likeness (QED) is 0.649. The smallest absolute Gasteiger partial charge is 0.241 e. The van der Waals surface area contributed by atoms with E-state index in [1.807, 2.05) is 19.9 Å². The number of hydrogen-bond acceptors (Lipinski definition) is 6. The Bertz CT molecular complexity index is 1020. The predicted octanol–water partition coefficient (Wildman–Crippen LogP) is 2.41. The molecule has 0 atom stereocenters. The fourth-order valence-electron chi connectivity index (χ4n) is 3.07. The Morgan fingerprint density at radius 1 is 1.00 bits per heavy atom. The van der Waals surface area contributed by atoms with Crippen molar-refractivity contribution in [2.75, 3.05) is 38.4 Å². The van der Waals surface area contributed by atoms with E-state index < -0.39 is 15.9 Å². The second-order valence-electron chi connectivity index (χ2n) is 6.76. The average Bonchev–Trinajstić information content (AvgIpc) is 2.71. The number of benzene rings is 2. The molecule has 164 valence electrons. The summed E-state index contributed by atoms with van der Waals surface area (Å²) in [5, 5.41) is 2.75. The summed E-state index contributed by atoms with van der Waals surface area (Å²) >= 11 is 0. The largest absolute Gasteiger partial charge is 0.493 e. The van der Waals surface area contributed by atoms with Crippen LogP contribution in [0.15, 0.2) is 30.3 Å². The molecule has 2 aromatic rings. The van der Waals surface area contributed by atoms with Crippen LogP contribution in [0.5, 0.6) is 17.2 Å². The van der Waals surface area contributed by atoms with Crippen molar-refractivity contribution in [2.24, 2.45) is 0 Å². The van der Waals surface area contributed by atoms with Crippen LogP contribution in [0.25, 0.3) is 0 Å². The zero-order valence-corrected chi connectivity index (χ0v) is 18.9. The molecular weight excluding hydrogens is 408 g/mol. The number of rotatable bonds is 9. The molecule has 0 aromatic heterocycles. The predicted molar refractivity (Wildman–Crippen MR) is 116 cm³/mol. The van der Waals surface area contributed by atoms with Crippen molar-refractivity contribution < 1.29 is 27.4 Å². The third kappa shape index (κ3) is 5.15. The van der Waals surface area contributed by atoms with Crippen LogP contribution >= 0.6 is 0 Å². The van der Waals surface area contributed by atoms with E-state index in [0.717, 1.165) is 21.7 Å². The van der Waals surface area contributed by atoms with Crippen molar-refractivity contribution in [3.8, 4) is 17.2 Å². The van der Waals surface area contributed by atoms with Gasteiger partial charge >= 0.3 is 0 Å². The zero-order chi connectivity index (χ0) is 22.5. The summed E-state index contributed by atoms with van der Waals surface area (Å²) < 4.78 is 41.8. The summed E-state index contributed by atoms with van der Waals surface area (Å²) in [5.74, 6) is 0.910. The van der Waals surface area contributed by atoms with Crippen molar-refractivity contribution in [3.05, 3.63) is 47.0 Å². The lowest BCUT2D eigenvalue weighted by Crippen LogP contribution is -2.40. The van der Waals surface area contributed by atoms with E-state index >= 15 is 0 Å². The Hall–Kier alpha value is -2.94. The van der Waals surface area contributed by atoms with E-state index in [1.165, 1.54) is 21.3 Å². The van der Waals surface area contributed by atoms with E-state index in [1.54, 1.807) is 24.3 Å². The zero-order valence-electron chi connectivity index (χ0n) is 18.1. The number of carbonyl (C=O) groups excluding carboxylic acids is 1. The monoisotopic (exact) mass is 436 g/mol. The maximum absolute atomic E-state index is 12.6. The van der Waals surface area contributed by atoms with Gasteiger partial charge in [-0.25, -0.2) is 8.42 Å². The Kier molecular flexibility index (Phi) is 7.55. The number of anilines is 1. The van der Waals surface area contributed by atoms with E-state index in [-0.39, 0.29) is 13.1 Å². The molecule has 1 amide bonds. The number of amides is 1. The molecule has 8 nitrogen and oxygen atoms in total. The summed E-state index contributed by atoms with van der Waals surface area (Å²) in [6.07, 6.45) is 1.08. The Labute approximate surface area is 177 Å². The number of aryl methyl sites for hydroxylation is 1. The molecule has 0 aliphatic rings. The van der Waals surface area contributed by atoms with Gasteiger partial charge in [-0.15, -0.1) is 0 Å². The van der Waals surface area contributed by atoms with Crippen LogP contribution in [0.3, 0.4) is 0 Å². The molecular formula is C21H28N2O6S. The summed E-state index contributed by atoms with van der Waals surface area (Å²) in [7, 11) is 0.855. The van der Waals surface area contributed by atoms with Crippen molar-refractivity contribution in [2.45, 2.75) is 20.4 Å². The lowest BCUT2D eigenvalue weighted by Gasteiger charge is -2.24. The fourth-order valence-corrected chi connectivity index (χ4v) is 3.98. The lowest BCUT2D eigenvalue weighted by molar-refractivity contribution is -0.119. The first-order valence-electron chi connectivity index (χ1n) is 9.22. The average molecular weight is 437 g/mol. The highest BCUT2D eigenvalue weighted by Gasteiger charge is 2.23. The Morgan fingerprint density at radius 3 is 2.23 bits per heavy atom. The van der Waals surface area contributed by atoms with E-state index in [2.05, 4.69) is 5.32 Å². The van der Waals surface area contributed by atoms with Crippen LogP contribution in [-0.4, -0.2) is 48.5 Å². The number of nitrogens with zero attached hydrogens (tertiary/aromatic N) is 1. The number of ether oxygens (including phenoxy) is 3. The summed E-state index contributed by atoms with van der Waals surface area (Å²) in [6.45, 7) is 3.52. The van der Waals surface area contributed by atoms with Crippen molar-refractivity contribution in [1.29, 1.82) is 0 Å². The van der Waals surface area contributed by atoms with Gasteiger partial charge in [0.2, 0.25) is 21.7 Å². The van der Waals surface area contributed by atoms with Crippen LogP contribution in [-0.2, 0) is 21.4 Å². The maximum atomic E-state index is 12.6. The first kappa shape index (κ1) is 23.3. The van der Waals surface area contributed by atoms with Gasteiger partial charge in [-0.3, -0.25) is 9.10 Å². The summed E-state index contributed by atoms with van der Waals surface area (Å²) in [5.41, 5.74) is 2.89. The molecule has 0 bridgehead atoms. The first-order valence-corrected chi connectivity index (χ1v) is 11.1. The van der Waals surface area contributed by atoms with E-state index in [4.69, 9.17) is 14.2 Å². The second kappa shape index (κ2) is 9.71. The van der Waals surface area contributed by atoms with Gasteiger partial charge in [-0.05, 0) is 43.2 Å². The van der Waals surface area contributed by atoms with Crippen LogP contribution in [0.1, 0.15) is 16.7 Å². The molecule has 0 saturated heterocycles. The van der Waals surface area contributed by atoms with Gasteiger partial charge in [0.1, 0.15) is 6.54 Å². The van der Waals surface area contributed by atoms with Gasteiger partial charge in [0.05, 0.1) is 33.3 Å². The maximum Gasteiger partial charge on any atom is 0.241 e. The first-order chi connectivity index (χ1) is 14.1. The van der Waals surface area contributed by atoms with E-state index in [9.17, 15) is 13.2 Å². The molecule has 0 heterocycles. The minimum atomic E-state index is -3.66. The number of carbonyl (C=O) groups is 1. The van der Waals surface area contributed by atoms with Gasteiger partial charge < -0.3 is 19.5 Å². The van der Waals surface area contributed by atoms with Gasteiger partial charge in [-0.2, -0.15) is 0 Å². The molecule has 2 rings (SSSR count). The normalized spacial score (nSPS) is 11.0. The van der Waals surface area contributed by atoms with Gasteiger partial charge in [0.25, 0.3) is 0 Å². The number of hydrogen-bond donors (Lipinski definition) is 1. The minimum absolute atomic E-state index is 0.132. The molecule has 0 fully saturated rings. The standard InChI is InChI=1S/C21H28N2O6S/c1-14-8-7-9-17(15(14)2)23(30(6,25)26)13-19(24)22-12-16-10-11-18(27-3)21(29-5)20(16)28-4/h7-11H,12-13H2,1-6H3,(H,22,24). The highest BCUT2D eigenvalue weighted by atomic mass is 32.2. The fraction of sp³-hybridized carbons (Fsp3) is 0.381. The van der Waals surface area contributed by atoms with Crippen molar-refractivity contribution in [1.82, 2.24) is 5.32 Å². The van der Waals surface area contributed by atoms with Crippen LogP contribution in [0.4, 0.5) is 5.69 Å². The van der Waals surface area contributed by atoms with Crippen LogP contribution < -0.4 is 23.8 Å². The Balaban J connectivity index is 2.23. The minimum Gasteiger partial charge on any atom is -0.493 e. The molecule has 0 radical (unpaired) electrons. The third-order valence-corrected chi connectivity index (χ3v) is 5.92. The third-order valence-electron chi connectivity index (χ3n) is 4.79. The molecule has 9 heteroatoms. The molecule has 0 aliphatic heterocycles. The number of sulfonamides is 1. The molecule has 1 N–H and O–H groups in total. The van der Waals surface area contributed by atoms with Gasteiger partial charge in [-0.1, -0.05) is 12.1 Å². The number of nitrogens with one attached hydrogen (secondary N) is 1. The molecule has 0 spiro atoms. The van der Waals surface area contributed by atoms with Gasteiger partial charge in [0.15, 0.2) is 11.5 Å². The second-order valence-corrected chi connectivity index (χ2v) is 8.67.